The molecule has 1 aliphatic carbocycles. The zero-order valence-electron chi connectivity index (χ0n) is 18.4. The normalized spacial score (nSPS) is 13.2. The maximum Gasteiger partial charge on any atom is 0.248 e. The van der Waals surface area contributed by atoms with Crippen LogP contribution in [0.2, 0.25) is 0 Å². The van der Waals surface area contributed by atoms with E-state index in [1.54, 1.807) is 18.2 Å². The number of amides is 2. The van der Waals surface area contributed by atoms with Gasteiger partial charge in [-0.2, -0.15) is 0 Å². The third kappa shape index (κ3) is 4.45. The number of halogens is 1. The maximum atomic E-state index is 12.7. The van der Waals surface area contributed by atoms with E-state index in [0.717, 1.165) is 16.6 Å². The van der Waals surface area contributed by atoms with Gasteiger partial charge in [-0.25, -0.2) is 0 Å². The van der Waals surface area contributed by atoms with E-state index in [2.05, 4.69) is 61.8 Å². The molecule has 2 amide bonds. The van der Waals surface area contributed by atoms with Crippen LogP contribution in [0.5, 0.6) is 0 Å². The molecule has 1 saturated carbocycles. The Bertz CT molecular complexity index is 1430. The minimum atomic E-state index is -0.501. The number of thioether (sulfide) groups is 1. The van der Waals surface area contributed by atoms with Crippen molar-refractivity contribution in [3.8, 4) is 5.69 Å². The van der Waals surface area contributed by atoms with Crippen molar-refractivity contribution in [1.82, 2.24) is 14.8 Å². The quantitative estimate of drug-likeness (QED) is 0.316. The van der Waals surface area contributed by atoms with Gasteiger partial charge in [0, 0.05) is 16.6 Å². The third-order valence-electron chi connectivity index (χ3n) is 5.90. The molecule has 9 heteroatoms. The van der Waals surface area contributed by atoms with E-state index in [1.807, 2.05) is 17.6 Å². The van der Waals surface area contributed by atoms with E-state index in [-0.39, 0.29) is 11.7 Å². The summed E-state index contributed by atoms with van der Waals surface area (Å²) < 4.78 is 2.52. The first-order chi connectivity index (χ1) is 16.4. The SMILES string of the molecule is Cc1cc(C(N)=O)ccc1NC(=O)CSc1nnc(Br)n1-c1ccc(C2CC2)c2ccccc12. The van der Waals surface area contributed by atoms with Crippen molar-refractivity contribution >= 4 is 56.0 Å². The molecule has 0 radical (unpaired) electrons. The molecular formula is C25H22BrN5O2S. The highest BCUT2D eigenvalue weighted by atomic mass is 79.9. The molecular weight excluding hydrogens is 514 g/mol. The minimum Gasteiger partial charge on any atom is -0.366 e. The van der Waals surface area contributed by atoms with Crippen LogP contribution in [0, 0.1) is 6.92 Å². The summed E-state index contributed by atoms with van der Waals surface area (Å²) in [4.78, 5) is 24.0. The molecule has 4 aromatic rings. The molecule has 0 unspecified atom stereocenters. The van der Waals surface area contributed by atoms with Crippen LogP contribution in [0.15, 0.2) is 64.5 Å². The van der Waals surface area contributed by atoms with Crippen LogP contribution < -0.4 is 11.1 Å². The number of primary amides is 1. The number of rotatable bonds is 7. The Morgan fingerprint density at radius 2 is 1.88 bits per heavy atom. The molecule has 0 bridgehead atoms. The summed E-state index contributed by atoms with van der Waals surface area (Å²) in [5.74, 6) is 0.111. The molecule has 5 rings (SSSR count). The number of anilines is 1. The zero-order chi connectivity index (χ0) is 23.8. The standard InChI is InChI=1S/C25H22BrN5O2S/c1-14-12-16(23(27)33)8-10-20(14)28-22(32)13-34-25-30-29-24(26)31(25)21-11-9-17(15-6-7-15)18-4-2-3-5-19(18)21/h2-5,8-12,15H,6-7,13H2,1H3,(H2,27,33)(H,28,32). The first-order valence-electron chi connectivity index (χ1n) is 10.9. The second-order valence-corrected chi connectivity index (χ2v) is 9.96. The van der Waals surface area contributed by atoms with Gasteiger partial charge >= 0.3 is 0 Å². The highest BCUT2D eigenvalue weighted by molar-refractivity contribution is 9.10. The summed E-state index contributed by atoms with van der Waals surface area (Å²) in [6.07, 6.45) is 2.47. The van der Waals surface area contributed by atoms with Crippen LogP contribution in [0.25, 0.3) is 16.5 Å². The summed E-state index contributed by atoms with van der Waals surface area (Å²) >= 11 is 4.83. The van der Waals surface area contributed by atoms with Gasteiger partial charge in [0.1, 0.15) is 0 Å². The average Bonchev–Trinajstić information content (AvgIpc) is 3.61. The molecule has 0 saturated heterocycles. The lowest BCUT2D eigenvalue weighted by Gasteiger charge is -2.14. The Balaban J connectivity index is 1.37. The van der Waals surface area contributed by atoms with Gasteiger partial charge in [0.15, 0.2) is 5.16 Å². The fraction of sp³-hybridized carbons (Fsp3) is 0.200. The molecule has 3 N–H and O–H groups in total. The maximum absolute atomic E-state index is 12.7. The number of aromatic nitrogens is 3. The van der Waals surface area contributed by atoms with Crippen molar-refractivity contribution in [1.29, 1.82) is 0 Å². The Hall–Kier alpha value is -3.17. The van der Waals surface area contributed by atoms with E-state index < -0.39 is 5.91 Å². The zero-order valence-corrected chi connectivity index (χ0v) is 20.8. The number of benzene rings is 3. The van der Waals surface area contributed by atoms with Crippen LogP contribution in [0.3, 0.4) is 0 Å². The van der Waals surface area contributed by atoms with E-state index in [9.17, 15) is 9.59 Å². The lowest BCUT2D eigenvalue weighted by molar-refractivity contribution is -0.113. The molecule has 1 fully saturated rings. The summed E-state index contributed by atoms with van der Waals surface area (Å²) in [5, 5.41) is 14.4. The van der Waals surface area contributed by atoms with Crippen molar-refractivity contribution in [2.45, 2.75) is 30.8 Å². The molecule has 0 atom stereocenters. The van der Waals surface area contributed by atoms with Crippen molar-refractivity contribution < 1.29 is 9.59 Å². The molecule has 172 valence electrons. The van der Waals surface area contributed by atoms with Crippen LogP contribution in [-0.2, 0) is 4.79 Å². The fourth-order valence-electron chi connectivity index (χ4n) is 4.07. The number of carbonyl (C=O) groups excluding carboxylic acids is 2. The van der Waals surface area contributed by atoms with E-state index in [0.29, 0.717) is 27.1 Å². The van der Waals surface area contributed by atoms with Gasteiger partial charge in [0.05, 0.1) is 11.4 Å². The van der Waals surface area contributed by atoms with Crippen molar-refractivity contribution in [3.63, 3.8) is 0 Å². The largest absolute Gasteiger partial charge is 0.366 e. The molecule has 1 aliphatic rings. The van der Waals surface area contributed by atoms with Gasteiger partial charge < -0.3 is 11.1 Å². The number of nitrogens with zero attached hydrogens (tertiary/aromatic N) is 3. The molecule has 3 aromatic carbocycles. The number of aryl methyl sites for hydroxylation is 1. The Labute approximate surface area is 209 Å². The molecule has 1 aromatic heterocycles. The lowest BCUT2D eigenvalue weighted by atomic mass is 9.99. The van der Waals surface area contributed by atoms with Gasteiger partial charge in [-0.05, 0) is 82.4 Å². The summed E-state index contributed by atoms with van der Waals surface area (Å²) in [5.41, 5.74) is 9.49. The van der Waals surface area contributed by atoms with Gasteiger partial charge in [0.2, 0.25) is 16.5 Å². The third-order valence-corrected chi connectivity index (χ3v) is 7.35. The monoisotopic (exact) mass is 535 g/mol. The van der Waals surface area contributed by atoms with Gasteiger partial charge in [-0.3, -0.25) is 14.2 Å². The Morgan fingerprint density at radius 1 is 1.12 bits per heavy atom. The lowest BCUT2D eigenvalue weighted by Crippen LogP contribution is -2.16. The first-order valence-corrected chi connectivity index (χ1v) is 12.7. The van der Waals surface area contributed by atoms with Gasteiger partial charge in [0.25, 0.3) is 0 Å². The second-order valence-electron chi connectivity index (χ2n) is 8.31. The topological polar surface area (TPSA) is 103 Å². The number of fused-ring (bicyclic) bond motifs is 1. The Morgan fingerprint density at radius 3 is 2.59 bits per heavy atom. The number of hydrogen-bond acceptors (Lipinski definition) is 5. The predicted octanol–water partition coefficient (Wildman–Crippen LogP) is 5.20. The molecule has 7 nitrogen and oxygen atoms in total. The number of nitrogens with one attached hydrogen (secondary N) is 1. The van der Waals surface area contributed by atoms with E-state index >= 15 is 0 Å². The van der Waals surface area contributed by atoms with Crippen LogP contribution >= 0.6 is 27.7 Å². The average molecular weight is 536 g/mol. The van der Waals surface area contributed by atoms with Crippen LogP contribution in [0.1, 0.15) is 40.2 Å². The van der Waals surface area contributed by atoms with E-state index in [1.165, 1.54) is 35.6 Å². The predicted molar refractivity (Wildman–Crippen MR) is 138 cm³/mol. The minimum absolute atomic E-state index is 0.153. The Kier molecular flexibility index (Phi) is 6.14. The summed E-state index contributed by atoms with van der Waals surface area (Å²) in [6, 6.07) is 17.6. The highest BCUT2D eigenvalue weighted by Crippen LogP contribution is 2.44. The number of carbonyl (C=O) groups is 2. The summed E-state index contributed by atoms with van der Waals surface area (Å²) in [7, 11) is 0. The van der Waals surface area contributed by atoms with Crippen molar-refractivity contribution in [2.24, 2.45) is 5.73 Å². The van der Waals surface area contributed by atoms with Gasteiger partial charge in [-0.1, -0.05) is 42.1 Å². The van der Waals surface area contributed by atoms with E-state index in [4.69, 9.17) is 5.73 Å². The molecule has 34 heavy (non-hydrogen) atoms. The smallest absolute Gasteiger partial charge is 0.248 e. The number of nitrogens with two attached hydrogens (primary N) is 1. The molecule has 1 heterocycles. The van der Waals surface area contributed by atoms with Crippen LogP contribution in [0.4, 0.5) is 5.69 Å². The highest BCUT2D eigenvalue weighted by Gasteiger charge is 2.26. The fourth-order valence-corrected chi connectivity index (χ4v) is 5.37. The van der Waals surface area contributed by atoms with Crippen molar-refractivity contribution in [3.05, 3.63) is 76.0 Å². The molecule has 0 aliphatic heterocycles. The van der Waals surface area contributed by atoms with Gasteiger partial charge in [-0.15, -0.1) is 10.2 Å². The number of hydrogen-bond donors (Lipinski definition) is 2. The first kappa shape index (κ1) is 22.6. The molecule has 0 spiro atoms. The summed E-state index contributed by atoms with van der Waals surface area (Å²) in [6.45, 7) is 1.82. The van der Waals surface area contributed by atoms with Crippen LogP contribution in [-0.4, -0.2) is 32.3 Å². The van der Waals surface area contributed by atoms with Crippen molar-refractivity contribution in [2.75, 3.05) is 11.1 Å². The second kappa shape index (κ2) is 9.23.